The van der Waals surface area contributed by atoms with Crippen molar-refractivity contribution in [3.05, 3.63) is 58.9 Å². The van der Waals surface area contributed by atoms with Crippen LogP contribution >= 0.6 is 0 Å². The Bertz CT molecular complexity index is 647. The Labute approximate surface area is 111 Å². The summed E-state index contributed by atoms with van der Waals surface area (Å²) in [4.78, 5) is 0. The average molecular weight is 256 g/mol. The van der Waals surface area contributed by atoms with E-state index in [9.17, 15) is 4.39 Å². The molecule has 4 heteroatoms. The average Bonchev–Trinajstić information content (AvgIpc) is 2.40. The molecule has 2 aromatic carbocycles. The fourth-order valence-electron chi connectivity index (χ4n) is 1.70. The fourth-order valence-corrected chi connectivity index (χ4v) is 1.70. The maximum absolute atomic E-state index is 13.4. The topological polar surface area (TPSA) is 59.0 Å². The first-order chi connectivity index (χ1) is 9.11. The smallest absolute Gasteiger partial charge is 0.144 e. The highest BCUT2D eigenvalue weighted by Crippen LogP contribution is 2.20. The molecule has 0 radical (unpaired) electrons. The molecule has 0 amide bonds. The summed E-state index contributed by atoms with van der Waals surface area (Å²) in [6.45, 7) is 2.22. The van der Waals surface area contributed by atoms with E-state index >= 15 is 0 Å². The zero-order chi connectivity index (χ0) is 13.8. The number of rotatable bonds is 3. The number of nitrogen functional groups attached to an aromatic ring is 1. The van der Waals surface area contributed by atoms with Crippen LogP contribution in [0.25, 0.3) is 0 Å². The third-order valence-corrected chi connectivity index (χ3v) is 2.94. The number of halogens is 1. The molecule has 0 saturated heterocycles. The van der Waals surface area contributed by atoms with Crippen molar-refractivity contribution in [3.63, 3.8) is 0 Å². The summed E-state index contributed by atoms with van der Waals surface area (Å²) in [5, 5.41) is 8.64. The van der Waals surface area contributed by atoms with Gasteiger partial charge in [0.1, 0.15) is 24.2 Å². The monoisotopic (exact) mass is 256 g/mol. The number of nitrogens with two attached hydrogens (primary N) is 1. The fraction of sp³-hybridized carbons (Fsp3) is 0.133. The molecule has 0 aliphatic carbocycles. The van der Waals surface area contributed by atoms with Gasteiger partial charge in [0.15, 0.2) is 0 Å². The molecule has 0 unspecified atom stereocenters. The molecule has 0 aliphatic heterocycles. The normalized spacial score (nSPS) is 9.95. The largest absolute Gasteiger partial charge is 0.489 e. The standard InChI is InChI=1S/C15H13FN2O/c1-10-12(3-2-4-15(10)18)9-19-13-6-5-11(8-17)14(16)7-13/h2-7H,9,18H2,1H3. The van der Waals surface area contributed by atoms with Crippen molar-refractivity contribution in [1.82, 2.24) is 0 Å². The van der Waals surface area contributed by atoms with E-state index in [2.05, 4.69) is 0 Å². The van der Waals surface area contributed by atoms with Gasteiger partial charge < -0.3 is 10.5 Å². The maximum Gasteiger partial charge on any atom is 0.144 e. The zero-order valence-electron chi connectivity index (χ0n) is 10.5. The van der Waals surface area contributed by atoms with E-state index in [1.807, 2.05) is 25.1 Å². The molecule has 0 heterocycles. The second kappa shape index (κ2) is 5.40. The van der Waals surface area contributed by atoms with Gasteiger partial charge in [-0.3, -0.25) is 0 Å². The predicted molar refractivity (Wildman–Crippen MR) is 71.0 cm³/mol. The lowest BCUT2D eigenvalue weighted by Crippen LogP contribution is -2.01. The maximum atomic E-state index is 13.4. The van der Waals surface area contributed by atoms with Gasteiger partial charge in [0.05, 0.1) is 5.56 Å². The van der Waals surface area contributed by atoms with E-state index in [1.165, 1.54) is 12.1 Å². The molecular formula is C15H13FN2O. The highest BCUT2D eigenvalue weighted by Gasteiger charge is 2.05. The van der Waals surface area contributed by atoms with Gasteiger partial charge in [-0.05, 0) is 36.2 Å². The van der Waals surface area contributed by atoms with E-state index in [-0.39, 0.29) is 5.56 Å². The minimum Gasteiger partial charge on any atom is -0.489 e. The summed E-state index contributed by atoms with van der Waals surface area (Å²) in [6, 6.07) is 11.5. The van der Waals surface area contributed by atoms with Crippen LogP contribution in [0.3, 0.4) is 0 Å². The molecule has 0 saturated carbocycles. The van der Waals surface area contributed by atoms with Crippen LogP contribution in [-0.4, -0.2) is 0 Å². The van der Waals surface area contributed by atoms with E-state index in [0.717, 1.165) is 11.1 Å². The molecule has 0 aliphatic rings. The molecule has 3 nitrogen and oxygen atoms in total. The van der Waals surface area contributed by atoms with Crippen molar-refractivity contribution >= 4 is 5.69 Å². The van der Waals surface area contributed by atoms with Crippen molar-refractivity contribution in [3.8, 4) is 11.8 Å². The number of hydrogen-bond donors (Lipinski definition) is 1. The van der Waals surface area contributed by atoms with E-state index < -0.39 is 5.82 Å². The minimum absolute atomic E-state index is 0.00693. The lowest BCUT2D eigenvalue weighted by molar-refractivity contribution is 0.304. The molecule has 2 aromatic rings. The van der Waals surface area contributed by atoms with Gasteiger partial charge >= 0.3 is 0 Å². The van der Waals surface area contributed by atoms with Gasteiger partial charge in [0.25, 0.3) is 0 Å². The van der Waals surface area contributed by atoms with Crippen LogP contribution in [0.1, 0.15) is 16.7 Å². The van der Waals surface area contributed by atoms with Crippen LogP contribution in [0.15, 0.2) is 36.4 Å². The quantitative estimate of drug-likeness (QED) is 0.858. The highest BCUT2D eigenvalue weighted by molar-refractivity contribution is 5.49. The third kappa shape index (κ3) is 2.83. The highest BCUT2D eigenvalue weighted by atomic mass is 19.1. The number of benzene rings is 2. The van der Waals surface area contributed by atoms with Crippen LogP contribution in [0.5, 0.6) is 5.75 Å². The first-order valence-electron chi connectivity index (χ1n) is 5.78. The molecule has 19 heavy (non-hydrogen) atoms. The van der Waals surface area contributed by atoms with Crippen molar-refractivity contribution in [2.75, 3.05) is 5.73 Å². The Kier molecular flexibility index (Phi) is 3.67. The number of nitrogens with zero attached hydrogens (tertiary/aromatic N) is 1. The molecule has 0 aromatic heterocycles. The lowest BCUT2D eigenvalue weighted by atomic mass is 10.1. The summed E-state index contributed by atoms with van der Waals surface area (Å²) in [6.07, 6.45) is 0. The summed E-state index contributed by atoms with van der Waals surface area (Å²) in [5.74, 6) is -0.192. The molecule has 0 bridgehead atoms. The van der Waals surface area contributed by atoms with Crippen molar-refractivity contribution < 1.29 is 9.13 Å². The van der Waals surface area contributed by atoms with Gasteiger partial charge in [-0.1, -0.05) is 12.1 Å². The van der Waals surface area contributed by atoms with Gasteiger partial charge in [0.2, 0.25) is 0 Å². The SMILES string of the molecule is Cc1c(N)cccc1COc1ccc(C#N)c(F)c1. The second-order valence-electron chi connectivity index (χ2n) is 4.17. The van der Waals surface area contributed by atoms with E-state index in [1.54, 1.807) is 12.1 Å². The Morgan fingerprint density at radius 2 is 2.11 bits per heavy atom. The predicted octanol–water partition coefficient (Wildman–Crippen LogP) is 3.17. The van der Waals surface area contributed by atoms with Crippen molar-refractivity contribution in [2.24, 2.45) is 0 Å². The number of nitriles is 1. The Hall–Kier alpha value is -2.54. The third-order valence-electron chi connectivity index (χ3n) is 2.94. The minimum atomic E-state index is -0.579. The Morgan fingerprint density at radius 3 is 2.79 bits per heavy atom. The number of ether oxygens (including phenoxy) is 1. The van der Waals surface area contributed by atoms with Gasteiger partial charge in [0, 0.05) is 11.8 Å². The Balaban J connectivity index is 2.13. The van der Waals surface area contributed by atoms with Crippen molar-refractivity contribution in [1.29, 1.82) is 5.26 Å². The van der Waals surface area contributed by atoms with Crippen LogP contribution < -0.4 is 10.5 Å². The summed E-state index contributed by atoms with van der Waals surface area (Å²) < 4.78 is 18.9. The molecule has 96 valence electrons. The second-order valence-corrected chi connectivity index (χ2v) is 4.17. The van der Waals surface area contributed by atoms with Crippen LogP contribution in [-0.2, 0) is 6.61 Å². The van der Waals surface area contributed by atoms with Crippen LogP contribution in [0.4, 0.5) is 10.1 Å². The van der Waals surface area contributed by atoms with Gasteiger partial charge in [-0.15, -0.1) is 0 Å². The molecule has 0 spiro atoms. The molecule has 2 rings (SSSR count). The summed E-state index contributed by atoms with van der Waals surface area (Å²) in [5.41, 5.74) is 8.41. The molecule has 0 atom stereocenters. The van der Waals surface area contributed by atoms with Gasteiger partial charge in [-0.25, -0.2) is 4.39 Å². The zero-order valence-corrected chi connectivity index (χ0v) is 10.5. The Morgan fingerprint density at radius 1 is 1.32 bits per heavy atom. The van der Waals surface area contributed by atoms with Crippen molar-refractivity contribution in [2.45, 2.75) is 13.5 Å². The van der Waals surface area contributed by atoms with E-state index in [0.29, 0.717) is 18.0 Å². The molecular weight excluding hydrogens is 243 g/mol. The number of anilines is 1. The van der Waals surface area contributed by atoms with Crippen LogP contribution in [0.2, 0.25) is 0 Å². The molecule has 0 fully saturated rings. The lowest BCUT2D eigenvalue weighted by Gasteiger charge is -2.10. The first-order valence-corrected chi connectivity index (χ1v) is 5.78. The van der Waals surface area contributed by atoms with Crippen LogP contribution in [0, 0.1) is 24.1 Å². The van der Waals surface area contributed by atoms with E-state index in [4.69, 9.17) is 15.7 Å². The first kappa shape index (κ1) is 12.9. The van der Waals surface area contributed by atoms with Gasteiger partial charge in [-0.2, -0.15) is 5.26 Å². The number of hydrogen-bond acceptors (Lipinski definition) is 3. The molecule has 2 N–H and O–H groups in total. The summed E-state index contributed by atoms with van der Waals surface area (Å²) >= 11 is 0. The summed E-state index contributed by atoms with van der Waals surface area (Å²) in [7, 11) is 0.